The molecule has 87 valence electrons. The van der Waals surface area contributed by atoms with Gasteiger partial charge in [0.05, 0.1) is 5.56 Å². The number of piperidine rings is 1. The van der Waals surface area contributed by atoms with E-state index in [1.165, 1.54) is 12.1 Å². The van der Waals surface area contributed by atoms with Gasteiger partial charge in [-0.05, 0) is 37.5 Å². The summed E-state index contributed by atoms with van der Waals surface area (Å²) in [6.07, 6.45) is -0.0923. The van der Waals surface area contributed by atoms with Crippen molar-refractivity contribution in [1.29, 1.82) is 0 Å². The molecular weight excluding hydrogens is 215 g/mol. The van der Waals surface area contributed by atoms with Crippen molar-refractivity contribution in [2.24, 2.45) is 0 Å². The lowest BCUT2D eigenvalue weighted by atomic mass is 10.1. The first kappa shape index (κ1) is 11.3. The molecule has 1 aliphatic rings. The normalized spacial score (nSPS) is 17.6. The first-order chi connectivity index (χ1) is 7.57. The number of halogens is 3. The topological polar surface area (TPSA) is 3.24 Å². The van der Waals surface area contributed by atoms with Crippen molar-refractivity contribution in [3.63, 3.8) is 0 Å². The van der Waals surface area contributed by atoms with E-state index >= 15 is 0 Å². The number of hydrogen-bond donors (Lipinski definition) is 0. The Morgan fingerprint density at radius 3 is 2.62 bits per heavy atom. The van der Waals surface area contributed by atoms with E-state index in [1.54, 1.807) is 6.07 Å². The molecule has 4 heteroatoms. The highest BCUT2D eigenvalue weighted by molar-refractivity contribution is 5.50. The van der Waals surface area contributed by atoms with Crippen molar-refractivity contribution >= 4 is 5.69 Å². The molecule has 0 bridgehead atoms. The Bertz CT molecular complexity index is 354. The number of nitrogens with zero attached hydrogens (tertiary/aromatic N) is 1. The van der Waals surface area contributed by atoms with Crippen LogP contribution in [-0.4, -0.2) is 13.1 Å². The van der Waals surface area contributed by atoms with Crippen LogP contribution in [0.3, 0.4) is 0 Å². The van der Waals surface area contributed by atoms with Gasteiger partial charge in [-0.1, -0.05) is 6.07 Å². The highest BCUT2D eigenvalue weighted by Gasteiger charge is 2.30. The zero-order valence-corrected chi connectivity index (χ0v) is 8.80. The van der Waals surface area contributed by atoms with Gasteiger partial charge >= 0.3 is 6.18 Å². The van der Waals surface area contributed by atoms with Gasteiger partial charge in [-0.15, -0.1) is 0 Å². The minimum Gasteiger partial charge on any atom is -0.371 e. The molecule has 0 amide bonds. The molecule has 0 N–H and O–H groups in total. The maximum absolute atomic E-state index is 12.5. The highest BCUT2D eigenvalue weighted by atomic mass is 19.4. The smallest absolute Gasteiger partial charge is 0.371 e. The second kappa shape index (κ2) is 4.36. The summed E-state index contributed by atoms with van der Waals surface area (Å²) in [5.74, 6) is 0. The fraction of sp³-hybridized carbons (Fsp3) is 0.417. The summed E-state index contributed by atoms with van der Waals surface area (Å²) in [7, 11) is 0. The summed E-state index contributed by atoms with van der Waals surface area (Å²) in [4.78, 5) is 1.97. The van der Waals surface area contributed by atoms with Crippen LogP contribution in [-0.2, 0) is 6.18 Å². The zero-order valence-electron chi connectivity index (χ0n) is 8.80. The molecule has 0 spiro atoms. The fourth-order valence-electron chi connectivity index (χ4n) is 1.88. The van der Waals surface area contributed by atoms with Crippen LogP contribution in [0, 0.1) is 6.42 Å². The van der Waals surface area contributed by atoms with Crippen LogP contribution in [0.4, 0.5) is 18.9 Å². The Labute approximate surface area is 92.9 Å². The standard InChI is InChI=1S/C12H13F3N/c13-12(14,15)10-5-4-6-11(9-10)16-7-2-1-3-8-16/h2,4-6,9H,1,3,7-8H2. The molecule has 1 radical (unpaired) electrons. The summed E-state index contributed by atoms with van der Waals surface area (Å²) in [5.41, 5.74) is 0.0846. The summed E-state index contributed by atoms with van der Waals surface area (Å²) in [6, 6.07) is 5.53. The average Bonchev–Trinajstić information content (AvgIpc) is 2.29. The average molecular weight is 228 g/mol. The van der Waals surface area contributed by atoms with Crippen LogP contribution in [0.1, 0.15) is 18.4 Å². The van der Waals surface area contributed by atoms with Gasteiger partial charge in [0.15, 0.2) is 0 Å². The number of benzene rings is 1. The molecule has 0 aromatic heterocycles. The Balaban J connectivity index is 2.21. The maximum atomic E-state index is 12.5. The third kappa shape index (κ3) is 2.49. The molecule has 1 fully saturated rings. The zero-order chi connectivity index (χ0) is 11.6. The second-order valence-electron chi connectivity index (χ2n) is 3.93. The molecule has 1 aromatic carbocycles. The number of alkyl halides is 3. The van der Waals surface area contributed by atoms with E-state index in [1.807, 2.05) is 4.90 Å². The van der Waals surface area contributed by atoms with Gasteiger partial charge in [-0.3, -0.25) is 0 Å². The van der Waals surface area contributed by atoms with E-state index in [0.29, 0.717) is 5.69 Å². The van der Waals surface area contributed by atoms with Crippen molar-refractivity contribution in [2.45, 2.75) is 19.0 Å². The Hall–Kier alpha value is -1.19. The van der Waals surface area contributed by atoms with Crippen molar-refractivity contribution in [1.82, 2.24) is 0 Å². The summed E-state index contributed by atoms with van der Waals surface area (Å²) in [5, 5.41) is 0. The van der Waals surface area contributed by atoms with Gasteiger partial charge in [0.25, 0.3) is 0 Å². The Morgan fingerprint density at radius 2 is 2.00 bits per heavy atom. The molecule has 1 heterocycles. The molecule has 0 saturated carbocycles. The molecule has 16 heavy (non-hydrogen) atoms. The lowest BCUT2D eigenvalue weighted by molar-refractivity contribution is -0.137. The van der Waals surface area contributed by atoms with Gasteiger partial charge < -0.3 is 4.90 Å². The molecule has 0 atom stereocenters. The van der Waals surface area contributed by atoms with Crippen LogP contribution in [0.2, 0.25) is 0 Å². The van der Waals surface area contributed by atoms with Crippen LogP contribution in [0.5, 0.6) is 0 Å². The molecule has 1 saturated heterocycles. The predicted molar refractivity (Wildman–Crippen MR) is 57.2 cm³/mol. The van der Waals surface area contributed by atoms with Crippen molar-refractivity contribution < 1.29 is 13.2 Å². The van der Waals surface area contributed by atoms with E-state index in [2.05, 4.69) is 6.42 Å². The third-order valence-electron chi connectivity index (χ3n) is 2.72. The van der Waals surface area contributed by atoms with E-state index in [0.717, 1.165) is 32.0 Å². The maximum Gasteiger partial charge on any atom is 0.416 e. The van der Waals surface area contributed by atoms with E-state index in [9.17, 15) is 13.2 Å². The lowest BCUT2D eigenvalue weighted by Crippen LogP contribution is -2.29. The molecule has 1 aromatic rings. The number of hydrogen-bond acceptors (Lipinski definition) is 1. The molecular formula is C12H13F3N. The summed E-state index contributed by atoms with van der Waals surface area (Å²) < 4.78 is 37.5. The van der Waals surface area contributed by atoms with Crippen molar-refractivity contribution in [3.8, 4) is 0 Å². The predicted octanol–water partition coefficient (Wildman–Crippen LogP) is 3.51. The van der Waals surface area contributed by atoms with Gasteiger partial charge in [0, 0.05) is 18.8 Å². The molecule has 1 aliphatic heterocycles. The van der Waals surface area contributed by atoms with E-state index in [-0.39, 0.29) is 0 Å². The van der Waals surface area contributed by atoms with Gasteiger partial charge in [0.2, 0.25) is 0 Å². The van der Waals surface area contributed by atoms with Crippen molar-refractivity contribution in [3.05, 3.63) is 36.2 Å². The van der Waals surface area contributed by atoms with Crippen LogP contribution >= 0.6 is 0 Å². The van der Waals surface area contributed by atoms with E-state index < -0.39 is 11.7 Å². The Morgan fingerprint density at radius 1 is 1.19 bits per heavy atom. The molecule has 0 aliphatic carbocycles. The van der Waals surface area contributed by atoms with Gasteiger partial charge in [-0.25, -0.2) is 0 Å². The van der Waals surface area contributed by atoms with Crippen LogP contribution < -0.4 is 4.90 Å². The first-order valence-corrected chi connectivity index (χ1v) is 5.31. The quantitative estimate of drug-likeness (QED) is 0.711. The number of rotatable bonds is 1. The SMILES string of the molecule is FC(F)(F)c1cccc(N2C[CH]CCC2)c1. The second-order valence-corrected chi connectivity index (χ2v) is 3.93. The summed E-state index contributed by atoms with van der Waals surface area (Å²) in [6.45, 7) is 1.57. The van der Waals surface area contributed by atoms with Gasteiger partial charge in [0.1, 0.15) is 0 Å². The lowest BCUT2D eigenvalue weighted by Gasteiger charge is -2.29. The number of anilines is 1. The molecule has 0 unspecified atom stereocenters. The third-order valence-corrected chi connectivity index (χ3v) is 2.72. The summed E-state index contributed by atoms with van der Waals surface area (Å²) >= 11 is 0. The van der Waals surface area contributed by atoms with Gasteiger partial charge in [-0.2, -0.15) is 13.2 Å². The van der Waals surface area contributed by atoms with Crippen molar-refractivity contribution in [2.75, 3.05) is 18.0 Å². The minimum absolute atomic E-state index is 0.574. The minimum atomic E-state index is -4.25. The molecule has 2 rings (SSSR count). The fourth-order valence-corrected chi connectivity index (χ4v) is 1.88. The highest BCUT2D eigenvalue weighted by Crippen LogP contribution is 2.32. The monoisotopic (exact) mass is 228 g/mol. The van der Waals surface area contributed by atoms with Crippen LogP contribution in [0.15, 0.2) is 24.3 Å². The van der Waals surface area contributed by atoms with Crippen LogP contribution in [0.25, 0.3) is 0 Å². The van der Waals surface area contributed by atoms with E-state index in [4.69, 9.17) is 0 Å². The Kier molecular flexibility index (Phi) is 3.08. The molecule has 1 nitrogen and oxygen atoms in total. The largest absolute Gasteiger partial charge is 0.416 e. The first-order valence-electron chi connectivity index (χ1n) is 5.31.